The van der Waals surface area contributed by atoms with Crippen molar-refractivity contribution in [2.75, 3.05) is 24.6 Å². The Morgan fingerprint density at radius 3 is 2.00 bits per heavy atom. The summed E-state index contributed by atoms with van der Waals surface area (Å²) < 4.78 is 29.1. The molecule has 120 valence electrons. The first-order chi connectivity index (χ1) is 9.50. The van der Waals surface area contributed by atoms with Gasteiger partial charge >= 0.3 is 6.09 Å². The molecular formula is C13H22N2O5S. The van der Waals surface area contributed by atoms with Crippen molar-refractivity contribution in [2.45, 2.75) is 45.4 Å². The van der Waals surface area contributed by atoms with E-state index in [-0.39, 0.29) is 17.4 Å². The second-order valence-electron chi connectivity index (χ2n) is 6.60. The lowest BCUT2D eigenvalue weighted by Crippen LogP contribution is -2.62. The van der Waals surface area contributed by atoms with Gasteiger partial charge in [0.2, 0.25) is 5.91 Å². The number of carbonyl (C=O) groups is 2. The smallest absolute Gasteiger partial charge is 0.410 e. The third-order valence-corrected chi connectivity index (χ3v) is 5.41. The Hall–Kier alpha value is -1.31. The normalized spacial score (nSPS) is 28.2. The van der Waals surface area contributed by atoms with Crippen LogP contribution in [0.2, 0.25) is 0 Å². The largest absolute Gasteiger partial charge is 0.444 e. The van der Waals surface area contributed by atoms with Crippen LogP contribution < -0.4 is 0 Å². The van der Waals surface area contributed by atoms with Crippen LogP contribution in [-0.2, 0) is 19.4 Å². The van der Waals surface area contributed by atoms with E-state index in [1.54, 1.807) is 25.7 Å². The molecule has 0 unspecified atom stereocenters. The zero-order valence-corrected chi connectivity index (χ0v) is 13.6. The summed E-state index contributed by atoms with van der Waals surface area (Å²) in [4.78, 5) is 26.9. The summed E-state index contributed by atoms with van der Waals surface area (Å²) in [6.07, 6.45) is -0.516. The molecule has 0 aromatic rings. The van der Waals surface area contributed by atoms with E-state index in [1.165, 1.54) is 11.8 Å². The lowest BCUT2D eigenvalue weighted by Gasteiger charge is -2.43. The van der Waals surface area contributed by atoms with E-state index < -0.39 is 33.6 Å². The number of fused-ring (bicyclic) bond motifs is 1. The Balaban J connectivity index is 2.23. The fourth-order valence-electron chi connectivity index (χ4n) is 2.89. The van der Waals surface area contributed by atoms with Crippen LogP contribution in [0.15, 0.2) is 0 Å². The molecule has 2 fully saturated rings. The Morgan fingerprint density at radius 2 is 1.52 bits per heavy atom. The maximum absolute atomic E-state index is 12.2. The van der Waals surface area contributed by atoms with E-state index in [4.69, 9.17) is 4.74 Å². The van der Waals surface area contributed by atoms with Gasteiger partial charge in [-0.15, -0.1) is 0 Å². The fourth-order valence-corrected chi connectivity index (χ4v) is 4.87. The van der Waals surface area contributed by atoms with Crippen LogP contribution in [0.5, 0.6) is 0 Å². The molecule has 2 saturated heterocycles. The summed E-state index contributed by atoms with van der Waals surface area (Å²) in [5, 5.41) is 0. The molecule has 2 aliphatic heterocycles. The molecule has 0 aromatic carbocycles. The van der Waals surface area contributed by atoms with Gasteiger partial charge in [-0.2, -0.15) is 0 Å². The Bertz CT molecular complexity index is 551. The molecule has 7 nitrogen and oxygen atoms in total. The molecule has 2 heterocycles. The van der Waals surface area contributed by atoms with Gasteiger partial charge in [0.1, 0.15) is 5.60 Å². The molecule has 0 N–H and O–H groups in total. The maximum Gasteiger partial charge on any atom is 0.410 e. The molecular weight excluding hydrogens is 296 g/mol. The zero-order chi connectivity index (χ0) is 16.0. The zero-order valence-electron chi connectivity index (χ0n) is 12.8. The van der Waals surface area contributed by atoms with Crippen molar-refractivity contribution in [3.63, 3.8) is 0 Å². The summed E-state index contributed by atoms with van der Waals surface area (Å²) >= 11 is 0. The first kappa shape index (κ1) is 16.1. The first-order valence-corrected chi connectivity index (χ1v) is 8.79. The molecule has 0 aliphatic carbocycles. The van der Waals surface area contributed by atoms with E-state index in [0.29, 0.717) is 13.1 Å². The van der Waals surface area contributed by atoms with Gasteiger partial charge in [-0.3, -0.25) is 4.79 Å². The van der Waals surface area contributed by atoms with Gasteiger partial charge in [-0.25, -0.2) is 13.2 Å². The maximum atomic E-state index is 12.2. The molecule has 2 amide bonds. The summed E-state index contributed by atoms with van der Waals surface area (Å²) in [6, 6.07) is -0.976. The van der Waals surface area contributed by atoms with Crippen LogP contribution in [0.3, 0.4) is 0 Å². The number of sulfone groups is 1. The van der Waals surface area contributed by atoms with E-state index in [0.717, 1.165) is 0 Å². The van der Waals surface area contributed by atoms with Gasteiger partial charge in [0.15, 0.2) is 9.84 Å². The minimum absolute atomic E-state index is 0.0868. The van der Waals surface area contributed by atoms with Gasteiger partial charge in [0.05, 0.1) is 23.6 Å². The molecule has 0 saturated carbocycles. The van der Waals surface area contributed by atoms with Gasteiger partial charge in [0.25, 0.3) is 0 Å². The highest BCUT2D eigenvalue weighted by Gasteiger charge is 2.49. The van der Waals surface area contributed by atoms with Gasteiger partial charge in [0, 0.05) is 20.0 Å². The molecule has 2 aliphatic rings. The van der Waals surface area contributed by atoms with Crippen molar-refractivity contribution in [1.29, 1.82) is 0 Å². The second-order valence-corrected chi connectivity index (χ2v) is 8.75. The van der Waals surface area contributed by atoms with E-state index in [1.807, 2.05) is 0 Å². The molecule has 2 rings (SSSR count). The molecule has 0 spiro atoms. The van der Waals surface area contributed by atoms with Crippen molar-refractivity contribution in [1.82, 2.24) is 9.80 Å². The predicted octanol–water partition coefficient (Wildman–Crippen LogP) is 0.251. The molecule has 0 aromatic heterocycles. The first-order valence-electron chi connectivity index (χ1n) is 6.97. The topological polar surface area (TPSA) is 84.0 Å². The minimum atomic E-state index is -3.25. The van der Waals surface area contributed by atoms with Crippen molar-refractivity contribution in [3.8, 4) is 0 Å². The Morgan fingerprint density at radius 1 is 1.05 bits per heavy atom. The number of hydrogen-bond donors (Lipinski definition) is 0. The number of nitrogens with zero attached hydrogens (tertiary/aromatic N) is 2. The molecule has 0 radical (unpaired) electrons. The van der Waals surface area contributed by atoms with Crippen LogP contribution in [0.4, 0.5) is 4.79 Å². The number of hydrogen-bond acceptors (Lipinski definition) is 5. The van der Waals surface area contributed by atoms with Crippen molar-refractivity contribution < 1.29 is 22.7 Å². The molecule has 0 bridgehead atoms. The highest BCUT2D eigenvalue weighted by Crippen LogP contribution is 2.28. The van der Waals surface area contributed by atoms with Crippen LogP contribution in [-0.4, -0.2) is 72.5 Å². The van der Waals surface area contributed by atoms with Crippen LogP contribution in [0.1, 0.15) is 27.7 Å². The quantitative estimate of drug-likeness (QED) is 0.639. The van der Waals surface area contributed by atoms with Crippen molar-refractivity contribution >= 4 is 21.8 Å². The van der Waals surface area contributed by atoms with Crippen molar-refractivity contribution in [2.24, 2.45) is 0 Å². The van der Waals surface area contributed by atoms with Crippen LogP contribution in [0.25, 0.3) is 0 Å². The van der Waals surface area contributed by atoms with E-state index in [2.05, 4.69) is 0 Å². The monoisotopic (exact) mass is 318 g/mol. The Kier molecular flexibility index (Phi) is 3.94. The SMILES string of the molecule is CC(=O)N1CCN(C(=O)OC(C)(C)C)[C@H]2CS(=O)(=O)C[C@H]21. The van der Waals surface area contributed by atoms with Gasteiger partial charge in [-0.05, 0) is 20.8 Å². The average Bonchev–Trinajstić information content (AvgIpc) is 2.59. The summed E-state index contributed by atoms with van der Waals surface area (Å²) in [7, 11) is -3.25. The number of amides is 2. The lowest BCUT2D eigenvalue weighted by atomic mass is 10.1. The molecule has 21 heavy (non-hydrogen) atoms. The third-order valence-electron chi connectivity index (χ3n) is 3.71. The van der Waals surface area contributed by atoms with E-state index >= 15 is 0 Å². The predicted molar refractivity (Wildman–Crippen MR) is 76.6 cm³/mol. The third kappa shape index (κ3) is 3.48. The number of carbonyl (C=O) groups excluding carboxylic acids is 2. The summed E-state index contributed by atoms with van der Waals surface area (Å²) in [5.41, 5.74) is -0.637. The summed E-state index contributed by atoms with van der Waals surface area (Å²) in [6.45, 7) is 7.35. The summed E-state index contributed by atoms with van der Waals surface area (Å²) in [5.74, 6) is -0.358. The highest BCUT2D eigenvalue weighted by atomic mass is 32.2. The second kappa shape index (κ2) is 5.15. The Labute approximate surface area is 125 Å². The minimum Gasteiger partial charge on any atom is -0.444 e. The van der Waals surface area contributed by atoms with Crippen LogP contribution in [0, 0.1) is 0 Å². The number of piperazine rings is 1. The lowest BCUT2D eigenvalue weighted by molar-refractivity contribution is -0.134. The number of rotatable bonds is 0. The molecule has 8 heteroatoms. The van der Waals surface area contributed by atoms with Gasteiger partial charge < -0.3 is 14.5 Å². The van der Waals surface area contributed by atoms with Crippen LogP contribution >= 0.6 is 0 Å². The van der Waals surface area contributed by atoms with E-state index in [9.17, 15) is 18.0 Å². The highest BCUT2D eigenvalue weighted by molar-refractivity contribution is 7.91. The fraction of sp³-hybridized carbons (Fsp3) is 0.846. The van der Waals surface area contributed by atoms with Gasteiger partial charge in [-0.1, -0.05) is 0 Å². The standard InChI is InChI=1S/C13H22N2O5S/c1-9(16)14-5-6-15(12(17)20-13(2,3)4)11-8-21(18,19)7-10(11)14/h10-11H,5-8H2,1-4H3/t10-,11+/m1/s1. The number of ether oxygens (including phenoxy) is 1. The van der Waals surface area contributed by atoms with Crippen molar-refractivity contribution in [3.05, 3.63) is 0 Å². The molecule has 2 atom stereocenters. The average molecular weight is 318 g/mol.